The standard InChI is InChI=1S/C18H15ClN2O3S/c19-15-7-13(8-16-18(15)24-6-5-23-16)10-25-11-17(22)21-14-3-1-12(9-20)2-4-14/h1-4,7-8H,5-6,10-11H2,(H,21,22). The van der Waals surface area contributed by atoms with Gasteiger partial charge in [-0.3, -0.25) is 4.79 Å². The molecule has 1 amide bonds. The van der Waals surface area contributed by atoms with Crippen LogP contribution in [0.2, 0.25) is 5.02 Å². The van der Waals surface area contributed by atoms with Gasteiger partial charge in [0, 0.05) is 11.4 Å². The number of nitrogens with one attached hydrogen (secondary N) is 1. The van der Waals surface area contributed by atoms with Crippen molar-refractivity contribution in [2.24, 2.45) is 0 Å². The second kappa shape index (κ2) is 8.15. The molecular formula is C18H15ClN2O3S. The van der Waals surface area contributed by atoms with Crippen LogP contribution in [0, 0.1) is 11.3 Å². The highest BCUT2D eigenvalue weighted by atomic mass is 35.5. The molecule has 7 heteroatoms. The fourth-order valence-electron chi connectivity index (χ4n) is 2.33. The van der Waals surface area contributed by atoms with Crippen LogP contribution < -0.4 is 14.8 Å². The Morgan fingerprint density at radius 2 is 2.00 bits per heavy atom. The molecule has 3 rings (SSSR count). The van der Waals surface area contributed by atoms with Crippen molar-refractivity contribution in [2.75, 3.05) is 24.3 Å². The van der Waals surface area contributed by atoms with Gasteiger partial charge in [0.05, 0.1) is 22.4 Å². The van der Waals surface area contributed by atoms with Crippen LogP contribution in [0.1, 0.15) is 11.1 Å². The molecule has 0 radical (unpaired) electrons. The zero-order valence-electron chi connectivity index (χ0n) is 13.3. The molecule has 0 saturated carbocycles. The first-order valence-corrected chi connectivity index (χ1v) is 9.15. The van der Waals surface area contributed by atoms with Crippen LogP contribution in [0.4, 0.5) is 5.69 Å². The largest absolute Gasteiger partial charge is 0.486 e. The number of amides is 1. The maximum absolute atomic E-state index is 12.0. The summed E-state index contributed by atoms with van der Waals surface area (Å²) in [5.74, 6) is 2.08. The zero-order chi connectivity index (χ0) is 17.6. The predicted molar refractivity (Wildman–Crippen MR) is 98.4 cm³/mol. The number of hydrogen-bond acceptors (Lipinski definition) is 5. The lowest BCUT2D eigenvalue weighted by Gasteiger charge is -2.20. The lowest BCUT2D eigenvalue weighted by molar-refractivity contribution is -0.113. The fraction of sp³-hybridized carbons (Fsp3) is 0.222. The van der Waals surface area contributed by atoms with Gasteiger partial charge in [0.2, 0.25) is 5.91 Å². The van der Waals surface area contributed by atoms with Crippen molar-refractivity contribution in [3.8, 4) is 17.6 Å². The minimum absolute atomic E-state index is 0.0988. The summed E-state index contributed by atoms with van der Waals surface area (Å²) in [6.07, 6.45) is 0. The molecule has 1 aliphatic rings. The summed E-state index contributed by atoms with van der Waals surface area (Å²) in [6.45, 7) is 1.00. The van der Waals surface area contributed by atoms with Crippen molar-refractivity contribution in [2.45, 2.75) is 5.75 Å². The summed E-state index contributed by atoms with van der Waals surface area (Å²) in [7, 11) is 0. The van der Waals surface area contributed by atoms with Crippen LogP contribution in [0.5, 0.6) is 11.5 Å². The number of nitriles is 1. The molecular weight excluding hydrogens is 360 g/mol. The molecule has 0 aliphatic carbocycles. The average molecular weight is 375 g/mol. The average Bonchev–Trinajstić information content (AvgIpc) is 2.62. The molecule has 5 nitrogen and oxygen atoms in total. The lowest BCUT2D eigenvalue weighted by Crippen LogP contribution is -2.16. The van der Waals surface area contributed by atoms with E-state index in [4.69, 9.17) is 26.3 Å². The number of anilines is 1. The number of rotatable bonds is 5. The first-order valence-electron chi connectivity index (χ1n) is 7.61. The quantitative estimate of drug-likeness (QED) is 0.860. The van der Waals surface area contributed by atoms with Gasteiger partial charge in [-0.25, -0.2) is 0 Å². The summed E-state index contributed by atoms with van der Waals surface area (Å²) >= 11 is 7.69. The number of thioether (sulfide) groups is 1. The van der Waals surface area contributed by atoms with E-state index in [1.54, 1.807) is 24.3 Å². The number of hydrogen-bond donors (Lipinski definition) is 1. The fourth-order valence-corrected chi connectivity index (χ4v) is 3.38. The summed E-state index contributed by atoms with van der Waals surface area (Å²) < 4.78 is 11.0. The van der Waals surface area contributed by atoms with Gasteiger partial charge in [-0.05, 0) is 42.0 Å². The van der Waals surface area contributed by atoms with Crippen LogP contribution in [0.15, 0.2) is 36.4 Å². The van der Waals surface area contributed by atoms with Gasteiger partial charge in [0.1, 0.15) is 13.2 Å². The number of carbonyl (C=O) groups is 1. The third-order valence-electron chi connectivity index (χ3n) is 3.46. The van der Waals surface area contributed by atoms with E-state index in [1.165, 1.54) is 11.8 Å². The van der Waals surface area contributed by atoms with Crippen LogP contribution >= 0.6 is 23.4 Å². The van der Waals surface area contributed by atoms with Crippen LogP contribution in [-0.4, -0.2) is 24.9 Å². The Hall–Kier alpha value is -2.36. The number of benzene rings is 2. The Labute approximate surface area is 154 Å². The van der Waals surface area contributed by atoms with E-state index < -0.39 is 0 Å². The SMILES string of the molecule is N#Cc1ccc(NC(=O)CSCc2cc(Cl)c3c(c2)OCCO3)cc1. The second-order valence-electron chi connectivity index (χ2n) is 5.33. The number of halogens is 1. The number of carbonyl (C=O) groups excluding carboxylic acids is 1. The first-order chi connectivity index (χ1) is 12.2. The van der Waals surface area contributed by atoms with Gasteiger partial charge < -0.3 is 14.8 Å². The highest BCUT2D eigenvalue weighted by Crippen LogP contribution is 2.39. The van der Waals surface area contributed by atoms with E-state index in [1.807, 2.05) is 18.2 Å². The molecule has 25 heavy (non-hydrogen) atoms. The van der Waals surface area contributed by atoms with Crippen LogP contribution in [0.25, 0.3) is 0 Å². The molecule has 1 heterocycles. The van der Waals surface area contributed by atoms with Gasteiger partial charge in [0.25, 0.3) is 0 Å². The predicted octanol–water partition coefficient (Wildman–Crippen LogP) is 3.85. The van der Waals surface area contributed by atoms with Gasteiger partial charge >= 0.3 is 0 Å². The third-order valence-corrected chi connectivity index (χ3v) is 4.74. The van der Waals surface area contributed by atoms with Crippen LogP contribution in [-0.2, 0) is 10.5 Å². The normalized spacial score (nSPS) is 12.3. The molecule has 2 aromatic carbocycles. The summed E-state index contributed by atoms with van der Waals surface area (Å²) in [6, 6.07) is 12.5. The Kier molecular flexibility index (Phi) is 5.69. The van der Waals surface area contributed by atoms with Gasteiger partial charge in [0.15, 0.2) is 11.5 Å². The number of nitrogens with zero attached hydrogens (tertiary/aromatic N) is 1. The molecule has 1 N–H and O–H groups in total. The van der Waals surface area contributed by atoms with Gasteiger partial charge in [-0.2, -0.15) is 5.26 Å². The number of fused-ring (bicyclic) bond motifs is 1. The maximum Gasteiger partial charge on any atom is 0.234 e. The smallest absolute Gasteiger partial charge is 0.234 e. The molecule has 0 atom stereocenters. The molecule has 0 bridgehead atoms. The van der Waals surface area contributed by atoms with Crippen molar-refractivity contribution in [3.05, 3.63) is 52.5 Å². The highest BCUT2D eigenvalue weighted by molar-refractivity contribution is 7.99. The first kappa shape index (κ1) is 17.5. The van der Waals surface area contributed by atoms with E-state index in [2.05, 4.69) is 5.32 Å². The van der Waals surface area contributed by atoms with E-state index in [0.717, 1.165) is 5.56 Å². The number of ether oxygens (including phenoxy) is 2. The lowest BCUT2D eigenvalue weighted by atomic mass is 10.2. The van der Waals surface area contributed by atoms with E-state index in [9.17, 15) is 4.79 Å². The zero-order valence-corrected chi connectivity index (χ0v) is 14.8. The van der Waals surface area contributed by atoms with E-state index in [0.29, 0.717) is 52.5 Å². The maximum atomic E-state index is 12.0. The van der Waals surface area contributed by atoms with Crippen molar-refractivity contribution in [1.29, 1.82) is 5.26 Å². The Morgan fingerprint density at radius 1 is 1.24 bits per heavy atom. The van der Waals surface area contributed by atoms with E-state index in [-0.39, 0.29) is 5.91 Å². The third kappa shape index (κ3) is 4.59. The Morgan fingerprint density at radius 3 is 2.76 bits per heavy atom. The topological polar surface area (TPSA) is 71.4 Å². The molecule has 0 spiro atoms. The minimum atomic E-state index is -0.0988. The monoisotopic (exact) mass is 374 g/mol. The summed E-state index contributed by atoms with van der Waals surface area (Å²) in [4.78, 5) is 12.0. The molecule has 0 fully saturated rings. The molecule has 0 aromatic heterocycles. The Balaban J connectivity index is 1.51. The molecule has 0 unspecified atom stereocenters. The van der Waals surface area contributed by atoms with Crippen molar-refractivity contribution in [3.63, 3.8) is 0 Å². The highest BCUT2D eigenvalue weighted by Gasteiger charge is 2.16. The summed E-state index contributed by atoms with van der Waals surface area (Å²) in [5.41, 5.74) is 2.21. The van der Waals surface area contributed by atoms with Gasteiger partial charge in [-0.15, -0.1) is 11.8 Å². The summed E-state index contributed by atoms with van der Waals surface area (Å²) in [5, 5.41) is 12.1. The van der Waals surface area contributed by atoms with Crippen molar-refractivity contribution >= 4 is 35.0 Å². The molecule has 2 aromatic rings. The minimum Gasteiger partial charge on any atom is -0.486 e. The molecule has 1 aliphatic heterocycles. The van der Waals surface area contributed by atoms with Crippen LogP contribution in [0.3, 0.4) is 0 Å². The van der Waals surface area contributed by atoms with Crippen molar-refractivity contribution in [1.82, 2.24) is 0 Å². The Bertz CT molecular complexity index is 818. The van der Waals surface area contributed by atoms with Crippen molar-refractivity contribution < 1.29 is 14.3 Å². The molecule has 128 valence electrons. The molecule has 0 saturated heterocycles. The van der Waals surface area contributed by atoms with Gasteiger partial charge in [-0.1, -0.05) is 11.6 Å². The second-order valence-corrected chi connectivity index (χ2v) is 6.72. The van der Waals surface area contributed by atoms with E-state index >= 15 is 0 Å².